The van der Waals surface area contributed by atoms with Gasteiger partial charge < -0.3 is 14.8 Å². The number of carbonyl (C=O) groups excluding carboxylic acids is 1. The summed E-state index contributed by atoms with van der Waals surface area (Å²) in [5.74, 6) is -0.762. The molecule has 2 rings (SSSR count). The molecule has 1 heterocycles. The van der Waals surface area contributed by atoms with Gasteiger partial charge in [-0.25, -0.2) is 0 Å². The second kappa shape index (κ2) is 8.52. The lowest BCUT2D eigenvalue weighted by Crippen LogP contribution is -2.25. The van der Waals surface area contributed by atoms with Gasteiger partial charge in [-0.2, -0.15) is 0 Å². The van der Waals surface area contributed by atoms with Crippen LogP contribution in [0, 0.1) is 13.8 Å². The number of rotatable bonds is 9. The van der Waals surface area contributed by atoms with Crippen LogP contribution in [0.15, 0.2) is 22.8 Å². The van der Waals surface area contributed by atoms with Gasteiger partial charge in [0, 0.05) is 23.9 Å². The number of aryl methyl sites for hydroxylation is 2. The quantitative estimate of drug-likeness (QED) is 0.686. The van der Waals surface area contributed by atoms with Gasteiger partial charge in [0.05, 0.1) is 12.7 Å². The minimum absolute atomic E-state index is 0.0125. The molecule has 1 amide bonds. The highest BCUT2D eigenvalue weighted by molar-refractivity contribution is 5.89. The number of hydrogen-bond acceptors (Lipinski definition) is 3. The highest BCUT2D eigenvalue weighted by Crippen LogP contribution is 2.26. The van der Waals surface area contributed by atoms with E-state index in [0.29, 0.717) is 19.4 Å². The number of aliphatic carboxylic acids is 1. The third-order valence-electron chi connectivity index (χ3n) is 4.33. The number of carboxylic acids is 1. The van der Waals surface area contributed by atoms with Crippen molar-refractivity contribution in [1.82, 2.24) is 5.32 Å². The lowest BCUT2D eigenvalue weighted by molar-refractivity contribution is -0.137. The smallest absolute Gasteiger partial charge is 0.303 e. The molecule has 0 saturated heterocycles. The van der Waals surface area contributed by atoms with E-state index >= 15 is 0 Å². The molecule has 0 aliphatic rings. The Morgan fingerprint density at radius 1 is 1.12 bits per heavy atom. The maximum atomic E-state index is 12.1. The molecule has 0 radical (unpaired) electrons. The van der Waals surface area contributed by atoms with Gasteiger partial charge in [0.15, 0.2) is 0 Å². The molecule has 130 valence electrons. The fraction of sp³-hybridized carbons (Fsp3) is 0.474. The van der Waals surface area contributed by atoms with Crippen molar-refractivity contribution in [2.75, 3.05) is 6.54 Å². The van der Waals surface area contributed by atoms with Crippen molar-refractivity contribution in [3.8, 4) is 0 Å². The molecule has 24 heavy (non-hydrogen) atoms. The first-order valence-electron chi connectivity index (χ1n) is 8.44. The summed E-state index contributed by atoms with van der Waals surface area (Å²) in [6.45, 7) is 4.69. The average molecular weight is 331 g/mol. The van der Waals surface area contributed by atoms with Crippen LogP contribution in [-0.2, 0) is 16.0 Å². The van der Waals surface area contributed by atoms with Crippen molar-refractivity contribution < 1.29 is 19.1 Å². The average Bonchev–Trinajstić information content (AvgIpc) is 2.93. The molecule has 2 aromatic rings. The van der Waals surface area contributed by atoms with Crippen molar-refractivity contribution in [2.45, 2.75) is 52.4 Å². The molecule has 0 spiro atoms. The van der Waals surface area contributed by atoms with Crippen LogP contribution < -0.4 is 5.32 Å². The maximum Gasteiger partial charge on any atom is 0.303 e. The van der Waals surface area contributed by atoms with Gasteiger partial charge in [0.25, 0.3) is 0 Å². The van der Waals surface area contributed by atoms with E-state index in [2.05, 4.69) is 5.32 Å². The normalized spacial score (nSPS) is 10.9. The van der Waals surface area contributed by atoms with Gasteiger partial charge in [0.2, 0.25) is 5.91 Å². The number of benzene rings is 1. The Balaban J connectivity index is 1.75. The summed E-state index contributed by atoms with van der Waals surface area (Å²) in [5.41, 5.74) is 4.06. The van der Waals surface area contributed by atoms with Crippen LogP contribution in [0.1, 0.15) is 48.8 Å². The summed E-state index contributed by atoms with van der Waals surface area (Å²) in [6, 6.07) is 4.05. The Morgan fingerprint density at radius 2 is 1.88 bits per heavy atom. The predicted octanol–water partition coefficient (Wildman–Crippen LogP) is 3.74. The standard InChI is InChI=1S/C19H25NO4/c1-13-8-9-16-15(12-24-19(16)14(13)2)11-17(21)20-10-6-4-3-5-7-18(22)23/h8-9,12H,3-7,10-11H2,1-2H3,(H,20,21)(H,22,23). The van der Waals surface area contributed by atoms with Gasteiger partial charge in [-0.15, -0.1) is 0 Å². The molecular formula is C19H25NO4. The fourth-order valence-electron chi connectivity index (χ4n) is 2.74. The van der Waals surface area contributed by atoms with Crippen LogP contribution in [0.5, 0.6) is 0 Å². The predicted molar refractivity (Wildman–Crippen MR) is 93.1 cm³/mol. The van der Waals surface area contributed by atoms with Crippen LogP contribution in [0.4, 0.5) is 0 Å². The van der Waals surface area contributed by atoms with Crippen LogP contribution >= 0.6 is 0 Å². The van der Waals surface area contributed by atoms with Crippen LogP contribution in [0.25, 0.3) is 11.0 Å². The fourth-order valence-corrected chi connectivity index (χ4v) is 2.74. The number of carbonyl (C=O) groups is 2. The van der Waals surface area contributed by atoms with Crippen LogP contribution in [0.3, 0.4) is 0 Å². The van der Waals surface area contributed by atoms with Crippen molar-refractivity contribution in [2.24, 2.45) is 0 Å². The number of hydrogen-bond donors (Lipinski definition) is 2. The number of carboxylic acid groups (broad SMARTS) is 1. The first-order chi connectivity index (χ1) is 11.5. The molecule has 0 aliphatic carbocycles. The minimum Gasteiger partial charge on any atom is -0.481 e. The topological polar surface area (TPSA) is 79.5 Å². The Bertz CT molecular complexity index is 717. The summed E-state index contributed by atoms with van der Waals surface area (Å²) < 4.78 is 5.62. The first-order valence-corrected chi connectivity index (χ1v) is 8.44. The highest BCUT2D eigenvalue weighted by Gasteiger charge is 2.12. The van der Waals surface area contributed by atoms with E-state index in [1.165, 1.54) is 5.56 Å². The van der Waals surface area contributed by atoms with Crippen molar-refractivity contribution >= 4 is 22.8 Å². The Morgan fingerprint density at radius 3 is 2.62 bits per heavy atom. The zero-order valence-corrected chi connectivity index (χ0v) is 14.4. The molecular weight excluding hydrogens is 306 g/mol. The zero-order chi connectivity index (χ0) is 17.5. The molecule has 1 aromatic heterocycles. The van der Waals surface area contributed by atoms with E-state index in [4.69, 9.17) is 9.52 Å². The van der Waals surface area contributed by atoms with Crippen LogP contribution in [-0.4, -0.2) is 23.5 Å². The van der Waals surface area contributed by atoms with Gasteiger partial charge >= 0.3 is 5.97 Å². The second-order valence-corrected chi connectivity index (χ2v) is 6.23. The number of furan rings is 1. The number of nitrogens with one attached hydrogen (secondary N) is 1. The Kier molecular flexibility index (Phi) is 6.41. The van der Waals surface area contributed by atoms with Gasteiger partial charge in [0.1, 0.15) is 5.58 Å². The lowest BCUT2D eigenvalue weighted by Gasteiger charge is -2.05. The van der Waals surface area contributed by atoms with Gasteiger partial charge in [-0.05, 0) is 37.8 Å². The van der Waals surface area contributed by atoms with E-state index in [0.717, 1.165) is 41.4 Å². The maximum absolute atomic E-state index is 12.1. The van der Waals surface area contributed by atoms with Crippen LogP contribution in [0.2, 0.25) is 0 Å². The SMILES string of the molecule is Cc1ccc2c(CC(=O)NCCCCCCC(=O)O)coc2c1C. The van der Waals surface area contributed by atoms with E-state index < -0.39 is 5.97 Å². The third kappa shape index (κ3) is 4.85. The van der Waals surface area contributed by atoms with E-state index in [9.17, 15) is 9.59 Å². The Hall–Kier alpha value is -2.30. The summed E-state index contributed by atoms with van der Waals surface area (Å²) in [5, 5.41) is 12.5. The van der Waals surface area contributed by atoms with E-state index in [1.807, 2.05) is 26.0 Å². The third-order valence-corrected chi connectivity index (χ3v) is 4.33. The molecule has 5 heteroatoms. The molecule has 2 N–H and O–H groups in total. The van der Waals surface area contributed by atoms with Gasteiger partial charge in [-0.3, -0.25) is 9.59 Å². The molecule has 0 fully saturated rings. The summed E-state index contributed by atoms with van der Waals surface area (Å²) >= 11 is 0. The molecule has 0 saturated carbocycles. The molecule has 0 atom stereocenters. The summed E-state index contributed by atoms with van der Waals surface area (Å²) in [4.78, 5) is 22.5. The summed E-state index contributed by atoms with van der Waals surface area (Å²) in [6.07, 6.45) is 5.59. The molecule has 0 unspecified atom stereocenters. The largest absolute Gasteiger partial charge is 0.481 e. The van der Waals surface area contributed by atoms with Crippen molar-refractivity contribution in [1.29, 1.82) is 0 Å². The number of fused-ring (bicyclic) bond motifs is 1. The van der Waals surface area contributed by atoms with Gasteiger partial charge in [-0.1, -0.05) is 25.0 Å². The lowest BCUT2D eigenvalue weighted by atomic mass is 10.0. The number of amides is 1. The minimum atomic E-state index is -0.749. The molecule has 1 aromatic carbocycles. The van der Waals surface area contributed by atoms with E-state index in [1.54, 1.807) is 6.26 Å². The zero-order valence-electron chi connectivity index (χ0n) is 14.4. The van der Waals surface area contributed by atoms with Crippen molar-refractivity contribution in [3.05, 3.63) is 35.1 Å². The Labute approximate surface area is 142 Å². The summed E-state index contributed by atoms with van der Waals surface area (Å²) in [7, 11) is 0. The molecule has 0 bridgehead atoms. The second-order valence-electron chi connectivity index (χ2n) is 6.23. The molecule has 0 aliphatic heterocycles. The highest BCUT2D eigenvalue weighted by atomic mass is 16.4. The number of unbranched alkanes of at least 4 members (excludes halogenated alkanes) is 3. The first kappa shape index (κ1) is 18.0. The van der Waals surface area contributed by atoms with E-state index in [-0.39, 0.29) is 12.3 Å². The monoisotopic (exact) mass is 331 g/mol. The van der Waals surface area contributed by atoms with Crippen molar-refractivity contribution in [3.63, 3.8) is 0 Å². The molecule has 5 nitrogen and oxygen atoms in total.